The predicted octanol–water partition coefficient (Wildman–Crippen LogP) is 4.11. The van der Waals surface area contributed by atoms with Crippen molar-refractivity contribution in [2.24, 2.45) is 16.7 Å². The lowest BCUT2D eigenvalue weighted by atomic mass is 9.70. The van der Waals surface area contributed by atoms with Crippen molar-refractivity contribution in [3.63, 3.8) is 0 Å². The summed E-state index contributed by atoms with van der Waals surface area (Å²) in [6.07, 6.45) is 4.35. The molecule has 0 saturated heterocycles. The fourth-order valence-corrected chi connectivity index (χ4v) is 8.52. The Morgan fingerprint density at radius 3 is 2.00 bits per heavy atom. The average molecular weight is 449 g/mol. The Balaban J connectivity index is 0.000000291. The molecular weight excluding hydrogens is 408 g/mol. The second-order valence-electron chi connectivity index (χ2n) is 9.83. The summed E-state index contributed by atoms with van der Waals surface area (Å²) in [6, 6.07) is 0. The Morgan fingerprint density at radius 2 is 1.69 bits per heavy atom. The van der Waals surface area contributed by atoms with Gasteiger partial charge in [0, 0.05) is 11.8 Å². The van der Waals surface area contributed by atoms with Crippen molar-refractivity contribution in [1.29, 1.82) is 0 Å². The normalized spacial score (nSPS) is 28.2. The van der Waals surface area contributed by atoms with Crippen molar-refractivity contribution in [2.45, 2.75) is 103 Å². The van der Waals surface area contributed by atoms with Crippen LogP contribution in [0.3, 0.4) is 0 Å². The van der Waals surface area contributed by atoms with Gasteiger partial charge in [0.15, 0.2) is 17.3 Å². The van der Waals surface area contributed by atoms with E-state index in [1.54, 1.807) is 6.92 Å². The largest absolute Gasteiger partial charge is 0.747 e. The van der Waals surface area contributed by atoms with Crippen LogP contribution in [0.15, 0.2) is 0 Å². The molecule has 2 bridgehead atoms. The van der Waals surface area contributed by atoms with E-state index in [1.165, 1.54) is 0 Å². The molecule has 0 aliphatic heterocycles. The Bertz CT molecular complexity index is 688. The third-order valence-corrected chi connectivity index (χ3v) is 11.4. The van der Waals surface area contributed by atoms with Crippen LogP contribution in [-0.4, -0.2) is 46.0 Å². The maximum atomic E-state index is 12.0. The molecule has 2 fully saturated rings. The SMILES string of the molecule is CC12CCC(C(S(=O)(=O)[O-])C1=O)C2(C)C.CCCCC(=O)C[S+](C(C)C)C(C)C. The van der Waals surface area contributed by atoms with Gasteiger partial charge >= 0.3 is 0 Å². The number of ketones is 2. The Morgan fingerprint density at radius 1 is 1.17 bits per heavy atom. The molecule has 5 nitrogen and oxygen atoms in total. The van der Waals surface area contributed by atoms with Gasteiger partial charge in [-0.2, -0.15) is 0 Å². The molecule has 0 N–H and O–H groups in total. The first kappa shape index (κ1) is 26.6. The number of fused-ring (bicyclic) bond motifs is 2. The molecular formula is C22H40O5S2. The molecule has 2 aliphatic rings. The molecule has 3 atom stereocenters. The van der Waals surface area contributed by atoms with E-state index in [9.17, 15) is 22.6 Å². The molecule has 0 aromatic carbocycles. The lowest BCUT2D eigenvalue weighted by molar-refractivity contribution is -0.128. The van der Waals surface area contributed by atoms with Gasteiger partial charge < -0.3 is 4.55 Å². The van der Waals surface area contributed by atoms with Gasteiger partial charge in [-0.05, 0) is 69.2 Å². The van der Waals surface area contributed by atoms with E-state index in [-0.39, 0.29) is 28.0 Å². The molecule has 2 rings (SSSR count). The fraction of sp³-hybridized carbons (Fsp3) is 0.909. The molecule has 7 heteroatoms. The van der Waals surface area contributed by atoms with Crippen molar-refractivity contribution in [2.75, 3.05) is 5.75 Å². The topological polar surface area (TPSA) is 91.3 Å². The van der Waals surface area contributed by atoms with E-state index in [0.717, 1.165) is 25.0 Å². The molecule has 29 heavy (non-hydrogen) atoms. The minimum absolute atomic E-state index is 0.289. The van der Waals surface area contributed by atoms with Crippen LogP contribution in [0.2, 0.25) is 0 Å². The summed E-state index contributed by atoms with van der Waals surface area (Å²) < 4.78 is 33.3. The van der Waals surface area contributed by atoms with Gasteiger partial charge in [-0.1, -0.05) is 34.1 Å². The Kier molecular flexibility index (Phi) is 9.02. The summed E-state index contributed by atoms with van der Waals surface area (Å²) >= 11 is 0. The smallest absolute Gasteiger partial charge is 0.181 e. The molecule has 0 spiro atoms. The zero-order valence-corrected chi connectivity index (χ0v) is 21.0. The van der Waals surface area contributed by atoms with E-state index in [1.807, 2.05) is 13.8 Å². The number of rotatable bonds is 8. The van der Waals surface area contributed by atoms with E-state index >= 15 is 0 Å². The van der Waals surface area contributed by atoms with Crippen molar-refractivity contribution in [1.82, 2.24) is 0 Å². The highest BCUT2D eigenvalue weighted by atomic mass is 32.2. The molecule has 0 aromatic rings. The van der Waals surface area contributed by atoms with E-state index in [4.69, 9.17) is 0 Å². The number of hydrogen-bond donors (Lipinski definition) is 0. The van der Waals surface area contributed by atoms with Crippen LogP contribution in [0.1, 0.15) is 87.5 Å². The molecule has 170 valence electrons. The van der Waals surface area contributed by atoms with Gasteiger partial charge in [0.05, 0.1) is 0 Å². The fourth-order valence-electron chi connectivity index (χ4n) is 4.85. The molecule has 0 amide bonds. The Labute approximate surface area is 180 Å². The highest BCUT2D eigenvalue weighted by Crippen LogP contribution is 2.64. The van der Waals surface area contributed by atoms with Crippen molar-refractivity contribution in [3.05, 3.63) is 0 Å². The first-order valence-corrected chi connectivity index (χ1v) is 13.8. The second-order valence-corrected chi connectivity index (χ2v) is 14.4. The van der Waals surface area contributed by atoms with Crippen LogP contribution in [0, 0.1) is 16.7 Å². The summed E-state index contributed by atoms with van der Waals surface area (Å²) in [4.78, 5) is 23.6. The quantitative estimate of drug-likeness (QED) is 0.412. The van der Waals surface area contributed by atoms with Gasteiger partial charge in [0.2, 0.25) is 0 Å². The van der Waals surface area contributed by atoms with Gasteiger partial charge in [-0.3, -0.25) is 9.59 Å². The summed E-state index contributed by atoms with van der Waals surface area (Å²) in [7, 11) is -4.20. The molecule has 3 unspecified atom stereocenters. The average Bonchev–Trinajstić information content (AvgIpc) is 2.89. The summed E-state index contributed by atoms with van der Waals surface area (Å²) in [6.45, 7) is 16.7. The van der Waals surface area contributed by atoms with E-state index < -0.39 is 20.8 Å². The van der Waals surface area contributed by atoms with Crippen molar-refractivity contribution in [3.8, 4) is 0 Å². The van der Waals surface area contributed by atoms with Crippen molar-refractivity contribution >= 4 is 32.6 Å². The van der Waals surface area contributed by atoms with Crippen LogP contribution in [0.5, 0.6) is 0 Å². The summed E-state index contributed by atoms with van der Waals surface area (Å²) in [5, 5.41) is 0.00685. The second kappa shape index (κ2) is 9.82. The van der Waals surface area contributed by atoms with Crippen LogP contribution < -0.4 is 0 Å². The van der Waals surface area contributed by atoms with Gasteiger partial charge in [-0.15, -0.1) is 0 Å². The van der Waals surface area contributed by atoms with E-state index in [0.29, 0.717) is 29.1 Å². The van der Waals surface area contributed by atoms with Gasteiger partial charge in [-0.25, -0.2) is 8.42 Å². The van der Waals surface area contributed by atoms with Crippen LogP contribution in [0.25, 0.3) is 0 Å². The third-order valence-electron chi connectivity index (χ3n) is 7.13. The van der Waals surface area contributed by atoms with Crippen LogP contribution >= 0.6 is 0 Å². The molecule has 2 saturated carbocycles. The zero-order chi connectivity index (χ0) is 22.8. The monoisotopic (exact) mass is 448 g/mol. The molecule has 0 aromatic heterocycles. The third kappa shape index (κ3) is 5.65. The number of Topliss-reactive ketones (excluding diaryl/α,β-unsaturated/α-hetero) is 2. The number of carbonyl (C=O) groups is 2. The highest BCUT2D eigenvalue weighted by Gasteiger charge is 2.67. The molecule has 0 radical (unpaired) electrons. The van der Waals surface area contributed by atoms with E-state index in [2.05, 4.69) is 34.6 Å². The van der Waals surface area contributed by atoms with Gasteiger partial charge in [0.1, 0.15) is 25.9 Å². The lowest BCUT2D eigenvalue weighted by Crippen LogP contribution is -2.38. The summed E-state index contributed by atoms with van der Waals surface area (Å²) in [5.74, 6) is 0.629. The first-order chi connectivity index (χ1) is 13.1. The minimum atomic E-state index is -4.49. The summed E-state index contributed by atoms with van der Waals surface area (Å²) in [5.41, 5.74) is -0.994. The number of unbranched alkanes of at least 4 members (excludes halogenated alkanes) is 1. The Hall–Kier alpha value is -0.400. The number of hydrogen-bond acceptors (Lipinski definition) is 5. The standard InChI is InChI=1S/C12H25OS.C10H16O4S/c1-6-7-8-12(13)9-14(10(2)3)11(4)5;1-9(2)6-4-5-10(9,3)8(11)7(6)15(12,13)14/h10-11H,6-9H2,1-5H3;6-7H,4-5H2,1-3H3,(H,12,13,14)/q+1;/p-1. The highest BCUT2D eigenvalue weighted by molar-refractivity contribution is 7.98. The lowest BCUT2D eigenvalue weighted by Gasteiger charge is -2.32. The predicted molar refractivity (Wildman–Crippen MR) is 120 cm³/mol. The maximum absolute atomic E-state index is 12.0. The maximum Gasteiger partial charge on any atom is 0.181 e. The molecule has 0 heterocycles. The minimum Gasteiger partial charge on any atom is -0.747 e. The first-order valence-electron chi connectivity index (χ1n) is 10.8. The number of carbonyl (C=O) groups excluding carboxylic acids is 2. The zero-order valence-electron chi connectivity index (χ0n) is 19.4. The van der Waals surface area contributed by atoms with Gasteiger partial charge in [0.25, 0.3) is 0 Å². The van der Waals surface area contributed by atoms with Crippen LogP contribution in [-0.2, 0) is 30.6 Å². The van der Waals surface area contributed by atoms with Crippen LogP contribution in [0.4, 0.5) is 0 Å². The molecule has 2 aliphatic carbocycles. The van der Waals surface area contributed by atoms with Crippen molar-refractivity contribution < 1.29 is 22.6 Å².